The topological polar surface area (TPSA) is 74.8 Å². The molecule has 172 valence electrons. The van der Waals surface area contributed by atoms with Crippen LogP contribution in [0.25, 0.3) is 0 Å². The van der Waals surface area contributed by atoms with E-state index in [0.717, 1.165) is 10.0 Å². The van der Waals surface area contributed by atoms with Gasteiger partial charge in [-0.3, -0.25) is 19.2 Å². The van der Waals surface area contributed by atoms with Gasteiger partial charge in [-0.15, -0.1) is 0 Å². The van der Waals surface area contributed by atoms with E-state index in [1.54, 1.807) is 12.1 Å². The van der Waals surface area contributed by atoms with E-state index in [1.165, 1.54) is 36.4 Å². The smallest absolute Gasteiger partial charge is 0.273 e. The monoisotopic (exact) mass is 614 g/mol. The summed E-state index contributed by atoms with van der Waals surface area (Å²) >= 11 is 19.0. The molecule has 1 aliphatic carbocycles. The minimum Gasteiger partial charge on any atom is -0.292 e. The lowest BCUT2D eigenvalue weighted by Crippen LogP contribution is -2.52. The van der Waals surface area contributed by atoms with Crippen LogP contribution in [-0.2, 0) is 9.59 Å². The van der Waals surface area contributed by atoms with Crippen LogP contribution in [0.15, 0.2) is 48.5 Å². The van der Waals surface area contributed by atoms with Crippen LogP contribution in [0, 0.1) is 11.8 Å². The summed E-state index contributed by atoms with van der Waals surface area (Å²) in [6.45, 7) is -0.477. The first-order valence-electron chi connectivity index (χ1n) is 10.2. The van der Waals surface area contributed by atoms with E-state index in [-0.39, 0.29) is 15.2 Å². The number of nitrogens with zero attached hydrogens (tertiary/aromatic N) is 2. The lowest BCUT2D eigenvalue weighted by atomic mass is 9.81. The van der Waals surface area contributed by atoms with Crippen LogP contribution < -0.4 is 0 Å². The molecule has 1 saturated carbocycles. The minimum absolute atomic E-state index is 0.0200. The number of alkyl halides is 2. The van der Waals surface area contributed by atoms with Gasteiger partial charge in [0.2, 0.25) is 0 Å². The quantitative estimate of drug-likeness (QED) is 0.264. The SMILES string of the molecule is O=C(CN(C(=O)c1ccc(Cl)cc1)N1C(=O)[C@H]2C[C@H](Br)[C@@H](Br)C[C@H]2C1=O)c1ccc(Cl)cc1. The second-order valence-electron chi connectivity index (χ2n) is 8.00. The zero-order chi connectivity index (χ0) is 23.9. The number of rotatable bonds is 5. The van der Waals surface area contributed by atoms with Gasteiger partial charge in [-0.25, -0.2) is 5.01 Å². The van der Waals surface area contributed by atoms with Gasteiger partial charge in [0.1, 0.15) is 6.54 Å². The molecule has 1 saturated heterocycles. The van der Waals surface area contributed by atoms with Crippen molar-refractivity contribution in [3.05, 3.63) is 69.7 Å². The number of ketones is 1. The van der Waals surface area contributed by atoms with Crippen LogP contribution in [0.2, 0.25) is 10.0 Å². The summed E-state index contributed by atoms with van der Waals surface area (Å²) in [5.74, 6) is -3.12. The molecule has 4 atom stereocenters. The third-order valence-corrected chi connectivity index (χ3v) is 9.15. The van der Waals surface area contributed by atoms with Crippen LogP contribution in [0.4, 0.5) is 0 Å². The third-order valence-electron chi connectivity index (χ3n) is 5.91. The molecule has 10 heteroatoms. The van der Waals surface area contributed by atoms with Crippen LogP contribution >= 0.6 is 55.1 Å². The predicted molar refractivity (Wildman–Crippen MR) is 132 cm³/mol. The number of hydrogen-bond acceptors (Lipinski definition) is 4. The van der Waals surface area contributed by atoms with Crippen molar-refractivity contribution in [3.8, 4) is 0 Å². The molecule has 33 heavy (non-hydrogen) atoms. The number of hydrazine groups is 1. The highest BCUT2D eigenvalue weighted by Crippen LogP contribution is 2.43. The molecular formula is C23H18Br2Cl2N2O4. The molecule has 2 fully saturated rings. The number of Topliss-reactive ketones (excluding diaryl/α,β-unsaturated/α-hetero) is 1. The van der Waals surface area contributed by atoms with E-state index in [2.05, 4.69) is 31.9 Å². The highest BCUT2D eigenvalue weighted by atomic mass is 79.9. The van der Waals surface area contributed by atoms with Crippen molar-refractivity contribution >= 4 is 78.6 Å². The molecule has 2 aromatic carbocycles. The average Bonchev–Trinajstić information content (AvgIpc) is 3.02. The zero-order valence-corrected chi connectivity index (χ0v) is 21.8. The molecule has 3 amide bonds. The van der Waals surface area contributed by atoms with Crippen LogP contribution in [-0.4, -0.2) is 49.7 Å². The first-order chi connectivity index (χ1) is 15.7. The van der Waals surface area contributed by atoms with Gasteiger partial charge in [-0.2, -0.15) is 5.01 Å². The Morgan fingerprint density at radius 2 is 1.24 bits per heavy atom. The molecule has 0 aromatic heterocycles. The first-order valence-corrected chi connectivity index (χ1v) is 12.8. The van der Waals surface area contributed by atoms with E-state index in [4.69, 9.17) is 23.2 Å². The zero-order valence-electron chi connectivity index (χ0n) is 17.1. The average molecular weight is 617 g/mol. The molecule has 2 aromatic rings. The maximum absolute atomic E-state index is 13.4. The summed E-state index contributed by atoms with van der Waals surface area (Å²) in [6.07, 6.45) is 0.908. The Hall–Kier alpha value is -1.74. The molecule has 0 spiro atoms. The molecule has 6 nitrogen and oxygen atoms in total. The maximum Gasteiger partial charge on any atom is 0.273 e. The summed E-state index contributed by atoms with van der Waals surface area (Å²) in [4.78, 5) is 53.1. The fourth-order valence-electron chi connectivity index (χ4n) is 4.15. The number of hydrogen-bond donors (Lipinski definition) is 0. The second kappa shape index (κ2) is 9.86. The molecule has 0 bridgehead atoms. The Bertz CT molecular complexity index is 1080. The van der Waals surface area contributed by atoms with Crippen molar-refractivity contribution in [1.29, 1.82) is 0 Å². The van der Waals surface area contributed by atoms with Gasteiger partial charge in [-0.05, 0) is 61.4 Å². The number of benzene rings is 2. The molecule has 2 aliphatic rings. The number of carbonyl (C=O) groups is 4. The van der Waals surface area contributed by atoms with Gasteiger partial charge in [-0.1, -0.05) is 55.1 Å². The summed E-state index contributed by atoms with van der Waals surface area (Å²) < 4.78 is 0. The standard InChI is InChI=1S/C23H18Br2Cl2N2O4/c24-18-9-16-17(10-19(18)25)23(33)29(22(16)32)28(21(31)13-3-7-15(27)8-4-13)11-20(30)12-1-5-14(26)6-2-12/h1-8,16-19H,9-11H2/t16-,17+,18-,19-/m0/s1. The molecule has 1 aliphatic heterocycles. The normalized spacial score (nSPS) is 24.5. The second-order valence-corrected chi connectivity index (χ2v) is 11.2. The highest BCUT2D eigenvalue weighted by Gasteiger charge is 2.54. The molecule has 1 heterocycles. The summed E-state index contributed by atoms with van der Waals surface area (Å²) in [6, 6.07) is 12.2. The first kappa shape index (κ1) is 24.4. The number of carbonyl (C=O) groups excluding carboxylic acids is 4. The Labute approximate surface area is 217 Å². The lowest BCUT2D eigenvalue weighted by molar-refractivity contribution is -0.154. The Balaban J connectivity index is 1.69. The van der Waals surface area contributed by atoms with Gasteiger partial charge in [0, 0.05) is 30.8 Å². The van der Waals surface area contributed by atoms with Crippen LogP contribution in [0.5, 0.6) is 0 Å². The molecule has 4 rings (SSSR count). The Morgan fingerprint density at radius 3 is 1.70 bits per heavy atom. The maximum atomic E-state index is 13.4. The van der Waals surface area contributed by atoms with E-state index in [1.807, 2.05) is 0 Å². The van der Waals surface area contributed by atoms with Crippen LogP contribution in [0.1, 0.15) is 33.6 Å². The van der Waals surface area contributed by atoms with E-state index in [9.17, 15) is 19.2 Å². The summed E-state index contributed by atoms with van der Waals surface area (Å²) in [7, 11) is 0. The van der Waals surface area contributed by atoms with E-state index in [0.29, 0.717) is 28.5 Å². The molecular weight excluding hydrogens is 599 g/mol. The number of amides is 3. The predicted octanol–water partition coefficient (Wildman–Crippen LogP) is 5.16. The summed E-state index contributed by atoms with van der Waals surface area (Å²) in [5.41, 5.74) is 0.515. The van der Waals surface area contributed by atoms with Gasteiger partial charge >= 0.3 is 0 Å². The van der Waals surface area contributed by atoms with Crippen molar-refractivity contribution in [2.45, 2.75) is 22.5 Å². The third kappa shape index (κ3) is 4.90. The number of halogens is 4. The molecule has 0 N–H and O–H groups in total. The fourth-order valence-corrected chi connectivity index (χ4v) is 5.64. The highest BCUT2D eigenvalue weighted by molar-refractivity contribution is 9.12. The number of fused-ring (bicyclic) bond motifs is 1. The van der Waals surface area contributed by atoms with E-state index < -0.39 is 41.9 Å². The van der Waals surface area contributed by atoms with Crippen molar-refractivity contribution in [1.82, 2.24) is 10.0 Å². The van der Waals surface area contributed by atoms with Gasteiger partial charge in [0.05, 0.1) is 11.8 Å². The van der Waals surface area contributed by atoms with Crippen molar-refractivity contribution in [3.63, 3.8) is 0 Å². The van der Waals surface area contributed by atoms with Crippen LogP contribution in [0.3, 0.4) is 0 Å². The lowest BCUT2D eigenvalue weighted by Gasteiger charge is -2.30. The Morgan fingerprint density at radius 1 is 0.818 bits per heavy atom. The van der Waals surface area contributed by atoms with Gasteiger partial charge in [0.15, 0.2) is 5.78 Å². The van der Waals surface area contributed by atoms with Crippen molar-refractivity contribution < 1.29 is 19.2 Å². The fraction of sp³-hybridized carbons (Fsp3) is 0.304. The van der Waals surface area contributed by atoms with Gasteiger partial charge < -0.3 is 0 Å². The van der Waals surface area contributed by atoms with Crippen molar-refractivity contribution in [2.75, 3.05) is 6.54 Å². The molecule has 0 radical (unpaired) electrons. The Kier molecular flexibility index (Phi) is 7.29. The number of imide groups is 1. The summed E-state index contributed by atoms with van der Waals surface area (Å²) in [5, 5.41) is 2.71. The largest absolute Gasteiger partial charge is 0.292 e. The van der Waals surface area contributed by atoms with Crippen molar-refractivity contribution in [2.24, 2.45) is 11.8 Å². The molecule has 0 unspecified atom stereocenters. The van der Waals surface area contributed by atoms with Gasteiger partial charge in [0.25, 0.3) is 17.7 Å². The van der Waals surface area contributed by atoms with E-state index >= 15 is 0 Å². The minimum atomic E-state index is -0.639.